The van der Waals surface area contributed by atoms with Crippen molar-refractivity contribution in [1.29, 1.82) is 0 Å². The van der Waals surface area contributed by atoms with Gasteiger partial charge in [-0.15, -0.1) is 0 Å². The summed E-state index contributed by atoms with van der Waals surface area (Å²) in [5, 5.41) is 12.6. The Morgan fingerprint density at radius 2 is 1.84 bits per heavy atom. The number of carbonyl (C=O) groups is 1. The van der Waals surface area contributed by atoms with Gasteiger partial charge in [-0.3, -0.25) is 0 Å². The number of fused-ring (bicyclic) bond motifs is 2. The zero-order valence-electron chi connectivity index (χ0n) is 13.8. The van der Waals surface area contributed by atoms with Crippen LogP contribution in [0.4, 0.5) is 0 Å². The molecule has 0 radical (unpaired) electrons. The molecule has 0 atom stereocenters. The van der Waals surface area contributed by atoms with Crippen molar-refractivity contribution >= 4 is 27.6 Å². The molecule has 4 nitrogen and oxygen atoms in total. The van der Waals surface area contributed by atoms with E-state index in [1.807, 2.05) is 28.8 Å². The van der Waals surface area contributed by atoms with Crippen LogP contribution in [0.25, 0.3) is 21.7 Å². The number of methoxy groups -OCH3 is 1. The molecule has 0 aliphatic heterocycles. The highest BCUT2D eigenvalue weighted by atomic mass is 16.5. The number of aromatic nitrogens is 1. The maximum atomic E-state index is 11.7. The number of aromatic carboxylic acids is 1. The van der Waals surface area contributed by atoms with E-state index >= 15 is 0 Å². The summed E-state index contributed by atoms with van der Waals surface area (Å²) in [5.74, 6) is -0.376. The van der Waals surface area contributed by atoms with E-state index in [-0.39, 0.29) is 5.56 Å². The Bertz CT molecular complexity index is 1090. The van der Waals surface area contributed by atoms with Crippen molar-refractivity contribution in [1.82, 2.24) is 4.57 Å². The van der Waals surface area contributed by atoms with E-state index in [0.29, 0.717) is 17.7 Å². The lowest BCUT2D eigenvalue weighted by molar-refractivity contribution is 0.0698. The summed E-state index contributed by atoms with van der Waals surface area (Å²) in [7, 11) is 1.56. The van der Waals surface area contributed by atoms with E-state index in [1.54, 1.807) is 19.4 Å². The largest absolute Gasteiger partial charge is 0.496 e. The molecule has 25 heavy (non-hydrogen) atoms. The molecule has 0 amide bonds. The average molecular weight is 331 g/mol. The van der Waals surface area contributed by atoms with Crippen LogP contribution in [0, 0.1) is 0 Å². The van der Waals surface area contributed by atoms with Crippen molar-refractivity contribution in [2.45, 2.75) is 6.54 Å². The Kier molecular flexibility index (Phi) is 3.65. The van der Waals surface area contributed by atoms with Crippen LogP contribution < -0.4 is 4.74 Å². The number of hydrogen-bond donors (Lipinski definition) is 1. The summed E-state index contributed by atoms with van der Waals surface area (Å²) < 4.78 is 7.33. The van der Waals surface area contributed by atoms with Gasteiger partial charge >= 0.3 is 5.97 Å². The lowest BCUT2D eigenvalue weighted by Gasteiger charge is -2.08. The van der Waals surface area contributed by atoms with Crippen LogP contribution in [0.5, 0.6) is 5.75 Å². The second-order valence-corrected chi connectivity index (χ2v) is 6.01. The lowest BCUT2D eigenvalue weighted by atomic mass is 10.1. The second kappa shape index (κ2) is 5.98. The molecule has 1 N–H and O–H groups in total. The molecular weight excluding hydrogens is 314 g/mol. The molecule has 0 fully saturated rings. The molecular formula is C21H17NO3. The fraction of sp³-hybridized carbons (Fsp3) is 0.0952. The Morgan fingerprint density at radius 3 is 2.60 bits per heavy atom. The number of ether oxygens (including phenoxy) is 1. The van der Waals surface area contributed by atoms with Gasteiger partial charge in [0.15, 0.2) is 0 Å². The van der Waals surface area contributed by atoms with Crippen molar-refractivity contribution in [3.63, 3.8) is 0 Å². The van der Waals surface area contributed by atoms with E-state index in [2.05, 4.69) is 30.3 Å². The molecule has 3 aromatic carbocycles. The van der Waals surface area contributed by atoms with Gasteiger partial charge in [0, 0.05) is 12.7 Å². The van der Waals surface area contributed by atoms with Crippen molar-refractivity contribution in [3.8, 4) is 5.75 Å². The smallest absolute Gasteiger partial charge is 0.338 e. The number of carboxylic acids is 1. The molecule has 0 bridgehead atoms. The van der Waals surface area contributed by atoms with Gasteiger partial charge in [0.2, 0.25) is 0 Å². The Morgan fingerprint density at radius 1 is 1.04 bits per heavy atom. The van der Waals surface area contributed by atoms with Crippen molar-refractivity contribution in [2.75, 3.05) is 7.11 Å². The first-order valence-corrected chi connectivity index (χ1v) is 8.04. The lowest BCUT2D eigenvalue weighted by Crippen LogP contribution is -1.98. The zero-order valence-corrected chi connectivity index (χ0v) is 13.8. The first kappa shape index (κ1) is 15.3. The van der Waals surface area contributed by atoms with Crippen LogP contribution in [-0.4, -0.2) is 22.8 Å². The van der Waals surface area contributed by atoms with Crippen LogP contribution in [-0.2, 0) is 6.54 Å². The van der Waals surface area contributed by atoms with Crippen molar-refractivity contribution in [2.24, 2.45) is 0 Å². The minimum absolute atomic E-state index is 0.258. The number of rotatable bonds is 4. The quantitative estimate of drug-likeness (QED) is 0.597. The van der Waals surface area contributed by atoms with Crippen LogP contribution in [0.15, 0.2) is 66.9 Å². The minimum Gasteiger partial charge on any atom is -0.496 e. The summed E-state index contributed by atoms with van der Waals surface area (Å²) in [6.45, 7) is 0.599. The maximum absolute atomic E-state index is 11.7. The second-order valence-electron chi connectivity index (χ2n) is 6.01. The van der Waals surface area contributed by atoms with Crippen LogP contribution in [0.1, 0.15) is 15.9 Å². The first-order chi connectivity index (χ1) is 12.2. The van der Waals surface area contributed by atoms with Gasteiger partial charge in [0.1, 0.15) is 5.75 Å². The predicted octanol–water partition coefficient (Wildman–Crippen LogP) is 4.55. The zero-order chi connectivity index (χ0) is 17.4. The molecule has 4 aromatic rings. The fourth-order valence-corrected chi connectivity index (χ4v) is 3.32. The molecule has 0 spiro atoms. The molecule has 0 unspecified atom stereocenters. The van der Waals surface area contributed by atoms with Gasteiger partial charge < -0.3 is 14.4 Å². The molecule has 4 rings (SSSR count). The molecule has 0 aliphatic rings. The Labute approximate surface area is 144 Å². The predicted molar refractivity (Wildman–Crippen MR) is 98.5 cm³/mol. The molecule has 4 heteroatoms. The summed E-state index contributed by atoms with van der Waals surface area (Å²) in [6, 6.07) is 20.1. The molecule has 0 saturated heterocycles. The summed E-state index contributed by atoms with van der Waals surface area (Å²) in [4.78, 5) is 11.7. The standard InChI is InChI=1S/C21H17NO3/c1-25-19-8-4-7-18-20(19)17(21(23)24)13-22(18)12-14-9-10-15-5-2-3-6-16(15)11-14/h2-11,13H,12H2,1H3,(H,23,24). The highest BCUT2D eigenvalue weighted by Gasteiger charge is 2.18. The number of hydrogen-bond acceptors (Lipinski definition) is 2. The average Bonchev–Trinajstić information content (AvgIpc) is 3.00. The normalized spacial score (nSPS) is 11.1. The third-order valence-electron chi connectivity index (χ3n) is 4.49. The van der Waals surface area contributed by atoms with E-state index < -0.39 is 5.97 Å². The van der Waals surface area contributed by atoms with E-state index in [9.17, 15) is 9.90 Å². The monoisotopic (exact) mass is 331 g/mol. The number of benzene rings is 3. The van der Waals surface area contributed by atoms with E-state index in [0.717, 1.165) is 11.1 Å². The maximum Gasteiger partial charge on any atom is 0.338 e. The van der Waals surface area contributed by atoms with E-state index in [1.165, 1.54) is 10.8 Å². The SMILES string of the molecule is COc1cccc2c1c(C(=O)O)cn2Cc1ccc2ccccc2c1. The highest BCUT2D eigenvalue weighted by molar-refractivity contribution is 6.06. The third-order valence-corrected chi connectivity index (χ3v) is 4.49. The van der Waals surface area contributed by atoms with Crippen molar-refractivity contribution in [3.05, 3.63) is 78.0 Å². The summed E-state index contributed by atoms with van der Waals surface area (Å²) >= 11 is 0. The van der Waals surface area contributed by atoms with Gasteiger partial charge in [0.25, 0.3) is 0 Å². The third kappa shape index (κ3) is 2.62. The molecule has 1 heterocycles. The molecule has 0 saturated carbocycles. The number of nitrogens with zero attached hydrogens (tertiary/aromatic N) is 1. The van der Waals surface area contributed by atoms with Gasteiger partial charge in [-0.2, -0.15) is 0 Å². The van der Waals surface area contributed by atoms with E-state index in [4.69, 9.17) is 4.74 Å². The van der Waals surface area contributed by atoms with Gasteiger partial charge in [0.05, 0.1) is 23.6 Å². The highest BCUT2D eigenvalue weighted by Crippen LogP contribution is 2.31. The topological polar surface area (TPSA) is 51.5 Å². The van der Waals surface area contributed by atoms with Crippen LogP contribution in [0.3, 0.4) is 0 Å². The van der Waals surface area contributed by atoms with Gasteiger partial charge in [-0.1, -0.05) is 42.5 Å². The fourth-order valence-electron chi connectivity index (χ4n) is 3.32. The molecule has 0 aliphatic carbocycles. The minimum atomic E-state index is -0.952. The molecule has 124 valence electrons. The summed E-state index contributed by atoms with van der Waals surface area (Å²) in [5.41, 5.74) is 2.23. The number of carboxylic acid groups (broad SMARTS) is 1. The van der Waals surface area contributed by atoms with Gasteiger partial charge in [-0.25, -0.2) is 4.79 Å². The van der Waals surface area contributed by atoms with Gasteiger partial charge in [-0.05, 0) is 34.5 Å². The molecule has 1 aromatic heterocycles. The first-order valence-electron chi connectivity index (χ1n) is 8.04. The Hall–Kier alpha value is -3.27. The van der Waals surface area contributed by atoms with Crippen molar-refractivity contribution < 1.29 is 14.6 Å². The van der Waals surface area contributed by atoms with Crippen LogP contribution in [0.2, 0.25) is 0 Å². The summed E-state index contributed by atoms with van der Waals surface area (Å²) in [6.07, 6.45) is 1.69. The Balaban J connectivity index is 1.84. The van der Waals surface area contributed by atoms with Crippen LogP contribution >= 0.6 is 0 Å².